The van der Waals surface area contributed by atoms with Crippen LogP contribution in [0.15, 0.2) is 18.2 Å². The van der Waals surface area contributed by atoms with Crippen LogP contribution in [0.5, 0.6) is 5.75 Å². The summed E-state index contributed by atoms with van der Waals surface area (Å²) >= 11 is 0. The molecule has 0 amide bonds. The summed E-state index contributed by atoms with van der Waals surface area (Å²) in [5.41, 5.74) is 1.37. The third kappa shape index (κ3) is 2.89. The molecule has 1 nitrogen and oxygen atoms in total. The smallest absolute Gasteiger partial charge is 0.387 e. The molecule has 3 unspecified atom stereocenters. The summed E-state index contributed by atoms with van der Waals surface area (Å²) in [7, 11) is 0. The molecule has 0 spiro atoms. The first-order chi connectivity index (χ1) is 12.5. The van der Waals surface area contributed by atoms with E-state index in [1.54, 1.807) is 6.07 Å². The second kappa shape index (κ2) is 6.70. The van der Waals surface area contributed by atoms with Crippen molar-refractivity contribution in [3.05, 3.63) is 29.6 Å². The highest BCUT2D eigenvalue weighted by Gasteiger charge is 2.70. The number of rotatable bonds is 6. The number of halogens is 3. The van der Waals surface area contributed by atoms with Crippen LogP contribution in [0.3, 0.4) is 0 Å². The van der Waals surface area contributed by atoms with E-state index in [-0.39, 0.29) is 27.9 Å². The summed E-state index contributed by atoms with van der Waals surface area (Å²) in [6, 6.07) is 4.11. The van der Waals surface area contributed by atoms with Crippen LogP contribution in [0, 0.1) is 33.9 Å². The molecule has 0 N–H and O–H groups in total. The fraction of sp³-hybridized carbons (Fsp3) is 0.739. The van der Waals surface area contributed by atoms with Crippen LogP contribution in [0.2, 0.25) is 0 Å². The molecule has 3 aliphatic rings. The van der Waals surface area contributed by atoms with Gasteiger partial charge in [0.05, 0.1) is 0 Å². The van der Waals surface area contributed by atoms with Crippen LogP contribution in [0.1, 0.15) is 78.7 Å². The highest BCUT2D eigenvalue weighted by molar-refractivity contribution is 5.38. The molecule has 0 aliphatic heterocycles. The first-order valence-electron chi connectivity index (χ1n) is 10.3. The van der Waals surface area contributed by atoms with Gasteiger partial charge >= 0.3 is 6.61 Å². The topological polar surface area (TPSA) is 9.23 Å². The van der Waals surface area contributed by atoms with Crippen molar-refractivity contribution in [3.8, 4) is 5.75 Å². The van der Waals surface area contributed by atoms with E-state index in [0.717, 1.165) is 25.3 Å². The zero-order valence-electron chi connectivity index (χ0n) is 17.4. The Labute approximate surface area is 161 Å². The maximum Gasteiger partial charge on any atom is 0.387 e. The van der Waals surface area contributed by atoms with Crippen molar-refractivity contribution in [1.29, 1.82) is 0 Å². The standard InChI is InChI=1S/C23H33F3O/c1-7-22(6)12-17(23(8-2)13-19(22)21(23,4)5)14(3)16-10-9-15(24)11-18(16)27-20(25)26/h9-11,14,17,19-20H,7-8,12-13H2,1-6H3/t14?,17?,19?,22-,23+/m0/s1. The molecule has 1 aromatic rings. The summed E-state index contributed by atoms with van der Waals surface area (Å²) in [6.07, 6.45) is 4.48. The molecule has 0 saturated heterocycles. The van der Waals surface area contributed by atoms with E-state index >= 15 is 0 Å². The molecular weight excluding hydrogens is 349 g/mol. The van der Waals surface area contributed by atoms with Crippen LogP contribution >= 0.6 is 0 Å². The van der Waals surface area contributed by atoms with Gasteiger partial charge in [0, 0.05) is 6.07 Å². The second-order valence-electron chi connectivity index (χ2n) is 9.66. The number of hydrogen-bond acceptors (Lipinski definition) is 1. The Hall–Kier alpha value is -1.19. The van der Waals surface area contributed by atoms with Crippen molar-refractivity contribution in [2.45, 2.75) is 79.8 Å². The Balaban J connectivity index is 2.04. The number of alkyl halides is 2. The third-order valence-electron chi connectivity index (χ3n) is 8.68. The number of hydrogen-bond donors (Lipinski definition) is 0. The monoisotopic (exact) mass is 382 g/mol. The first-order valence-corrected chi connectivity index (χ1v) is 10.3. The average molecular weight is 383 g/mol. The summed E-state index contributed by atoms with van der Waals surface area (Å²) in [6.45, 7) is 10.8. The molecule has 5 atom stereocenters. The summed E-state index contributed by atoms with van der Waals surface area (Å²) < 4.78 is 44.3. The van der Waals surface area contributed by atoms with Gasteiger partial charge in [-0.1, -0.05) is 54.0 Å². The van der Waals surface area contributed by atoms with Gasteiger partial charge in [-0.25, -0.2) is 4.39 Å². The van der Waals surface area contributed by atoms with E-state index in [1.165, 1.54) is 12.5 Å². The van der Waals surface area contributed by atoms with Crippen LogP contribution in [-0.4, -0.2) is 6.61 Å². The zero-order valence-corrected chi connectivity index (χ0v) is 17.4. The fourth-order valence-electron chi connectivity index (χ4n) is 6.89. The highest BCUT2D eigenvalue weighted by atomic mass is 19.3. The van der Waals surface area contributed by atoms with Gasteiger partial charge in [-0.2, -0.15) is 8.78 Å². The maximum atomic E-state index is 13.7. The van der Waals surface area contributed by atoms with Gasteiger partial charge in [0.2, 0.25) is 0 Å². The van der Waals surface area contributed by atoms with Gasteiger partial charge in [-0.15, -0.1) is 0 Å². The fourth-order valence-corrected chi connectivity index (χ4v) is 6.89. The van der Waals surface area contributed by atoms with Gasteiger partial charge in [-0.05, 0) is 64.9 Å². The van der Waals surface area contributed by atoms with Crippen molar-refractivity contribution >= 4 is 0 Å². The van der Waals surface area contributed by atoms with Crippen molar-refractivity contribution in [1.82, 2.24) is 0 Å². The highest BCUT2D eigenvalue weighted by Crippen LogP contribution is 2.78. The van der Waals surface area contributed by atoms with Crippen LogP contribution in [0.4, 0.5) is 13.2 Å². The Kier molecular flexibility index (Phi) is 5.10. The second-order valence-corrected chi connectivity index (χ2v) is 9.66. The molecule has 1 aromatic carbocycles. The minimum atomic E-state index is -2.95. The van der Waals surface area contributed by atoms with Crippen molar-refractivity contribution in [3.63, 3.8) is 0 Å². The normalized spacial score (nSPS) is 35.6. The molecule has 0 heterocycles. The van der Waals surface area contributed by atoms with Crippen LogP contribution < -0.4 is 4.74 Å². The van der Waals surface area contributed by atoms with E-state index in [0.29, 0.717) is 17.4 Å². The lowest BCUT2D eigenvalue weighted by atomic mass is 9.29. The van der Waals surface area contributed by atoms with Gasteiger partial charge < -0.3 is 4.74 Å². The Morgan fingerprint density at radius 1 is 1.11 bits per heavy atom. The van der Waals surface area contributed by atoms with E-state index in [2.05, 4.69) is 41.5 Å². The van der Waals surface area contributed by atoms with Gasteiger partial charge in [0.15, 0.2) is 0 Å². The lowest BCUT2D eigenvalue weighted by Crippen LogP contribution is -2.68. The largest absolute Gasteiger partial charge is 0.434 e. The molecule has 3 fully saturated rings. The predicted molar refractivity (Wildman–Crippen MR) is 103 cm³/mol. The third-order valence-corrected chi connectivity index (χ3v) is 8.68. The summed E-state index contributed by atoms with van der Waals surface area (Å²) in [4.78, 5) is 0. The maximum absolute atomic E-state index is 13.7. The van der Waals surface area contributed by atoms with E-state index < -0.39 is 12.4 Å². The molecule has 0 radical (unpaired) electrons. The lowest BCUT2D eigenvalue weighted by molar-refractivity contribution is -0.263. The minimum Gasteiger partial charge on any atom is -0.434 e. The van der Waals surface area contributed by atoms with Crippen LogP contribution in [-0.2, 0) is 0 Å². The summed E-state index contributed by atoms with van der Waals surface area (Å²) in [5.74, 6) is 0.533. The van der Waals surface area contributed by atoms with Gasteiger partial charge in [-0.3, -0.25) is 0 Å². The lowest BCUT2D eigenvalue weighted by Gasteiger charge is -2.75. The first kappa shape index (κ1) is 20.5. The van der Waals surface area contributed by atoms with E-state index in [1.807, 2.05) is 0 Å². The molecule has 0 aromatic heterocycles. The van der Waals surface area contributed by atoms with Gasteiger partial charge in [0.25, 0.3) is 0 Å². The predicted octanol–water partition coefficient (Wildman–Crippen LogP) is 7.41. The SMILES string of the molecule is CC[C@@]1(C)CC(C(C)c2ccc(F)cc2OC(F)F)[C@@]2(CC)CC1C2(C)C. The number of ether oxygens (including phenoxy) is 1. The molecule has 27 heavy (non-hydrogen) atoms. The molecule has 2 bridgehead atoms. The molecule has 152 valence electrons. The van der Waals surface area contributed by atoms with Crippen molar-refractivity contribution < 1.29 is 17.9 Å². The molecule has 3 saturated carbocycles. The van der Waals surface area contributed by atoms with E-state index in [4.69, 9.17) is 4.74 Å². The Morgan fingerprint density at radius 2 is 1.78 bits per heavy atom. The Morgan fingerprint density at radius 3 is 2.30 bits per heavy atom. The average Bonchev–Trinajstić information content (AvgIpc) is 2.60. The van der Waals surface area contributed by atoms with Crippen molar-refractivity contribution in [2.24, 2.45) is 28.1 Å². The minimum absolute atomic E-state index is 0.0128. The van der Waals surface area contributed by atoms with Crippen molar-refractivity contribution in [2.75, 3.05) is 0 Å². The number of fused-ring (bicyclic) bond motifs is 2. The Bertz CT molecular complexity index is 701. The quantitative estimate of drug-likeness (QED) is 0.498. The zero-order chi connectivity index (χ0) is 20.2. The van der Waals surface area contributed by atoms with Gasteiger partial charge in [0.1, 0.15) is 11.6 Å². The molecule has 4 heteroatoms. The molecule has 3 aliphatic carbocycles. The van der Waals surface area contributed by atoms with E-state index in [9.17, 15) is 13.2 Å². The van der Waals surface area contributed by atoms with Crippen LogP contribution in [0.25, 0.3) is 0 Å². The molecular formula is C23H33F3O. The number of benzene rings is 1. The summed E-state index contributed by atoms with van der Waals surface area (Å²) in [5, 5.41) is 0. The molecule has 4 rings (SSSR count).